The van der Waals surface area contributed by atoms with Crippen LogP contribution in [0.25, 0.3) is 0 Å². The molecule has 0 fully saturated rings. The molecule has 0 N–H and O–H groups in total. The molecule has 0 unspecified atom stereocenters. The maximum Gasteiger partial charge on any atom is 0.140 e. The van der Waals surface area contributed by atoms with E-state index in [0.29, 0.717) is 0 Å². The lowest BCUT2D eigenvalue weighted by Gasteiger charge is -2.00. The number of hydrogen-bond acceptors (Lipinski definition) is 0. The normalized spacial score (nSPS) is 9.90. The van der Waals surface area contributed by atoms with Crippen LogP contribution in [0.1, 0.15) is 0 Å². The minimum atomic E-state index is 1.18. The third kappa shape index (κ3) is 2.10. The van der Waals surface area contributed by atoms with E-state index in [2.05, 4.69) is 81.1 Å². The Kier molecular flexibility index (Phi) is 3.50. The van der Waals surface area contributed by atoms with Crippen LogP contribution in [0.2, 0.25) is 0 Å². The molecular formula is C6H4BBrI2. The molecule has 0 saturated carbocycles. The average molecular weight is 421 g/mol. The summed E-state index contributed by atoms with van der Waals surface area (Å²) in [7, 11) is 2.12. The fourth-order valence-electron chi connectivity index (χ4n) is 0.622. The lowest BCUT2D eigenvalue weighted by molar-refractivity contribution is 1.59. The van der Waals surface area contributed by atoms with Crippen molar-refractivity contribution < 1.29 is 0 Å². The SMILES string of the molecule is Bc1cc(I)c(Br)cc1I. The van der Waals surface area contributed by atoms with Gasteiger partial charge in [0.1, 0.15) is 7.85 Å². The van der Waals surface area contributed by atoms with Crippen molar-refractivity contribution in [2.24, 2.45) is 0 Å². The van der Waals surface area contributed by atoms with Gasteiger partial charge in [-0.15, -0.1) is 0 Å². The highest BCUT2D eigenvalue weighted by atomic mass is 127. The van der Waals surface area contributed by atoms with E-state index < -0.39 is 0 Å². The van der Waals surface area contributed by atoms with Crippen LogP contribution in [0.3, 0.4) is 0 Å². The lowest BCUT2D eigenvalue weighted by Crippen LogP contribution is -2.07. The molecule has 52 valence electrons. The van der Waals surface area contributed by atoms with Gasteiger partial charge in [0, 0.05) is 11.6 Å². The fourth-order valence-corrected chi connectivity index (χ4v) is 2.48. The standard InChI is InChI=1S/C6H4BBrI2/c7-3-1-6(10)4(8)2-5(3)9/h1-2H,7H2. The summed E-state index contributed by atoms with van der Waals surface area (Å²) < 4.78 is 3.77. The summed E-state index contributed by atoms with van der Waals surface area (Å²) in [5.41, 5.74) is 1.34. The Morgan fingerprint density at radius 3 is 2.30 bits per heavy atom. The zero-order valence-corrected chi connectivity index (χ0v) is 11.2. The highest BCUT2D eigenvalue weighted by Gasteiger charge is 1.99. The van der Waals surface area contributed by atoms with Gasteiger partial charge in [-0.2, -0.15) is 0 Å². The van der Waals surface area contributed by atoms with Crippen molar-refractivity contribution in [1.82, 2.24) is 0 Å². The molecule has 0 aromatic heterocycles. The van der Waals surface area contributed by atoms with Gasteiger partial charge in [-0.05, 0) is 67.2 Å². The fraction of sp³-hybridized carbons (Fsp3) is 0. The van der Waals surface area contributed by atoms with Gasteiger partial charge >= 0.3 is 0 Å². The van der Waals surface area contributed by atoms with E-state index in [1.807, 2.05) is 0 Å². The van der Waals surface area contributed by atoms with Crippen molar-refractivity contribution in [2.75, 3.05) is 0 Å². The largest absolute Gasteiger partial charge is 0.140 e. The van der Waals surface area contributed by atoms with E-state index in [9.17, 15) is 0 Å². The summed E-state index contributed by atoms with van der Waals surface area (Å²) in [6, 6.07) is 4.31. The van der Waals surface area contributed by atoms with Crippen molar-refractivity contribution >= 4 is 74.4 Å². The Bertz CT molecular complexity index is 212. The predicted molar refractivity (Wildman–Crippen MR) is 67.8 cm³/mol. The van der Waals surface area contributed by atoms with Gasteiger partial charge in [0.05, 0.1) is 0 Å². The molecule has 1 aromatic carbocycles. The van der Waals surface area contributed by atoms with E-state index >= 15 is 0 Å². The van der Waals surface area contributed by atoms with E-state index in [1.165, 1.54) is 17.1 Å². The van der Waals surface area contributed by atoms with Crippen molar-refractivity contribution in [2.45, 2.75) is 0 Å². The summed E-state index contributed by atoms with van der Waals surface area (Å²) in [6.45, 7) is 0. The third-order valence-electron chi connectivity index (χ3n) is 1.20. The maximum absolute atomic E-state index is 3.47. The molecule has 1 rings (SSSR count). The van der Waals surface area contributed by atoms with Gasteiger partial charge in [0.2, 0.25) is 0 Å². The quantitative estimate of drug-likeness (QED) is 0.342. The van der Waals surface area contributed by atoms with Gasteiger partial charge < -0.3 is 0 Å². The first-order valence-corrected chi connectivity index (χ1v) is 5.67. The van der Waals surface area contributed by atoms with Crippen LogP contribution >= 0.6 is 61.1 Å². The minimum absolute atomic E-state index is 1.18. The molecule has 0 nitrogen and oxygen atoms in total. The summed E-state index contributed by atoms with van der Waals surface area (Å²) in [4.78, 5) is 0. The molecule has 0 spiro atoms. The molecule has 0 amide bonds. The van der Waals surface area contributed by atoms with Gasteiger partial charge in [-0.25, -0.2) is 0 Å². The molecule has 0 atom stereocenters. The molecular weight excluding hydrogens is 417 g/mol. The average Bonchev–Trinajstić information content (AvgIpc) is 1.84. The Hall–Kier alpha value is 1.22. The van der Waals surface area contributed by atoms with E-state index in [0.717, 1.165) is 0 Å². The van der Waals surface area contributed by atoms with E-state index in [-0.39, 0.29) is 0 Å². The second-order valence-corrected chi connectivity index (χ2v) is 5.19. The Morgan fingerprint density at radius 2 is 1.80 bits per heavy atom. The van der Waals surface area contributed by atoms with Crippen LogP contribution in [0.5, 0.6) is 0 Å². The molecule has 0 radical (unpaired) electrons. The Labute approximate surface area is 97.0 Å². The van der Waals surface area contributed by atoms with Gasteiger partial charge in [0.25, 0.3) is 0 Å². The van der Waals surface area contributed by atoms with E-state index in [4.69, 9.17) is 0 Å². The van der Waals surface area contributed by atoms with Crippen LogP contribution in [0.4, 0.5) is 0 Å². The van der Waals surface area contributed by atoms with Gasteiger partial charge in [-0.1, -0.05) is 11.5 Å². The Balaban J connectivity index is 3.28. The lowest BCUT2D eigenvalue weighted by atomic mass is 9.97. The van der Waals surface area contributed by atoms with Crippen LogP contribution in [0, 0.1) is 7.14 Å². The molecule has 0 saturated heterocycles. The van der Waals surface area contributed by atoms with Crippen LogP contribution in [0.15, 0.2) is 16.6 Å². The van der Waals surface area contributed by atoms with Crippen molar-refractivity contribution in [3.05, 3.63) is 23.7 Å². The second-order valence-electron chi connectivity index (χ2n) is 2.02. The molecule has 0 heterocycles. The first kappa shape index (κ1) is 9.31. The molecule has 0 aliphatic heterocycles. The smallest absolute Gasteiger partial charge is 0.0748 e. The molecule has 10 heavy (non-hydrogen) atoms. The molecule has 0 aliphatic rings. The molecule has 0 aliphatic carbocycles. The van der Waals surface area contributed by atoms with Crippen molar-refractivity contribution in [3.8, 4) is 0 Å². The first-order valence-electron chi connectivity index (χ1n) is 2.72. The van der Waals surface area contributed by atoms with Crippen molar-refractivity contribution in [1.29, 1.82) is 0 Å². The third-order valence-corrected chi connectivity index (χ3v) is 4.65. The summed E-state index contributed by atoms with van der Waals surface area (Å²) >= 11 is 8.12. The van der Waals surface area contributed by atoms with Crippen LogP contribution in [-0.2, 0) is 0 Å². The maximum atomic E-state index is 3.47. The topological polar surface area (TPSA) is 0 Å². The van der Waals surface area contributed by atoms with E-state index in [1.54, 1.807) is 0 Å². The van der Waals surface area contributed by atoms with Crippen molar-refractivity contribution in [3.63, 3.8) is 0 Å². The highest BCUT2D eigenvalue weighted by Crippen LogP contribution is 2.19. The summed E-state index contributed by atoms with van der Waals surface area (Å²) in [5, 5.41) is 0. The first-order chi connectivity index (χ1) is 4.61. The van der Waals surface area contributed by atoms with Crippen LogP contribution < -0.4 is 5.46 Å². The molecule has 0 bridgehead atoms. The summed E-state index contributed by atoms with van der Waals surface area (Å²) in [6.07, 6.45) is 0. The highest BCUT2D eigenvalue weighted by molar-refractivity contribution is 14.1. The number of rotatable bonds is 0. The number of hydrogen-bond donors (Lipinski definition) is 0. The minimum Gasteiger partial charge on any atom is -0.0748 e. The Morgan fingerprint density at radius 1 is 1.20 bits per heavy atom. The summed E-state index contributed by atoms with van der Waals surface area (Å²) in [5.74, 6) is 0. The number of benzene rings is 1. The molecule has 1 aromatic rings. The number of halogens is 3. The second kappa shape index (κ2) is 3.75. The predicted octanol–water partition coefficient (Wildman–Crippen LogP) is 1.92. The zero-order valence-electron chi connectivity index (χ0n) is 5.29. The monoisotopic (exact) mass is 420 g/mol. The van der Waals surface area contributed by atoms with Gasteiger partial charge in [-0.3, -0.25) is 0 Å². The zero-order chi connectivity index (χ0) is 7.72. The van der Waals surface area contributed by atoms with Gasteiger partial charge in [0.15, 0.2) is 0 Å². The molecule has 4 heteroatoms. The van der Waals surface area contributed by atoms with Crippen LogP contribution in [-0.4, -0.2) is 7.85 Å².